The molecule has 2 atom stereocenters. The Balaban J connectivity index is 1.19. The fourth-order valence-corrected chi connectivity index (χ4v) is 6.53. The maximum Gasteiger partial charge on any atom is 0.354 e. The Hall–Kier alpha value is -4.68. The quantitative estimate of drug-likeness (QED) is 0.127. The number of anilines is 1. The first-order chi connectivity index (χ1) is 23.2. The van der Waals surface area contributed by atoms with E-state index in [1.54, 1.807) is 59.8 Å². The third-order valence-electron chi connectivity index (χ3n) is 8.19. The Morgan fingerprint density at radius 2 is 1.85 bits per heavy atom. The van der Waals surface area contributed by atoms with Crippen LogP contribution in [0.4, 0.5) is 9.52 Å². The number of carbonyl (C=O) groups excluding carboxylic acids is 1. The topological polar surface area (TPSA) is 136 Å². The fourth-order valence-electron chi connectivity index (χ4n) is 5.62. The number of aromatic amines is 1. The molecule has 12 heteroatoms. The van der Waals surface area contributed by atoms with Crippen LogP contribution in [-0.2, 0) is 6.42 Å². The molecule has 0 radical (unpaired) electrons. The van der Waals surface area contributed by atoms with Crippen molar-refractivity contribution in [2.24, 2.45) is 11.5 Å². The van der Waals surface area contributed by atoms with Crippen LogP contribution in [0.2, 0.25) is 5.02 Å². The summed E-state index contributed by atoms with van der Waals surface area (Å²) in [5, 5.41) is 3.11. The summed E-state index contributed by atoms with van der Waals surface area (Å²) in [6, 6.07) is 21.3. The number of aryl methyl sites for hydroxylation is 1. The summed E-state index contributed by atoms with van der Waals surface area (Å²) in [5.41, 5.74) is 16.0. The molecule has 0 unspecified atom stereocenters. The molecule has 5 N–H and O–H groups in total. The van der Waals surface area contributed by atoms with Gasteiger partial charge >= 0.3 is 5.69 Å². The van der Waals surface area contributed by atoms with Crippen LogP contribution in [0, 0.1) is 5.82 Å². The summed E-state index contributed by atoms with van der Waals surface area (Å²) in [7, 11) is 0. The average molecular weight is 684 g/mol. The zero-order valence-electron chi connectivity index (χ0n) is 26.3. The minimum Gasteiger partial charge on any atom is -0.339 e. The van der Waals surface area contributed by atoms with E-state index in [4.69, 9.17) is 23.1 Å². The number of rotatable bonds is 12. The first kappa shape index (κ1) is 33.2. The van der Waals surface area contributed by atoms with E-state index in [-0.39, 0.29) is 23.0 Å². The van der Waals surface area contributed by atoms with E-state index < -0.39 is 11.5 Å². The summed E-state index contributed by atoms with van der Waals surface area (Å²) in [4.78, 5) is 39.7. The molecule has 0 aliphatic rings. The molecule has 246 valence electrons. The van der Waals surface area contributed by atoms with Crippen LogP contribution in [0.5, 0.6) is 0 Å². The van der Waals surface area contributed by atoms with Gasteiger partial charge in [0.2, 0.25) is 0 Å². The van der Waals surface area contributed by atoms with Crippen molar-refractivity contribution in [3.05, 3.63) is 129 Å². The van der Waals surface area contributed by atoms with Crippen molar-refractivity contribution >= 4 is 45.0 Å². The van der Waals surface area contributed by atoms with Crippen molar-refractivity contribution in [3.63, 3.8) is 0 Å². The number of thiazole rings is 1. The van der Waals surface area contributed by atoms with Gasteiger partial charge in [0.1, 0.15) is 5.65 Å². The molecule has 48 heavy (non-hydrogen) atoms. The van der Waals surface area contributed by atoms with E-state index in [1.807, 2.05) is 42.6 Å². The largest absolute Gasteiger partial charge is 0.354 e. The second kappa shape index (κ2) is 14.6. The zero-order chi connectivity index (χ0) is 33.8. The summed E-state index contributed by atoms with van der Waals surface area (Å²) >= 11 is 7.65. The molecule has 3 heterocycles. The van der Waals surface area contributed by atoms with Crippen LogP contribution in [-0.4, -0.2) is 38.0 Å². The normalized spacial score (nSPS) is 12.7. The molecule has 0 saturated heterocycles. The lowest BCUT2D eigenvalue weighted by Gasteiger charge is -2.22. The zero-order valence-corrected chi connectivity index (χ0v) is 27.8. The first-order valence-corrected chi connectivity index (χ1v) is 16.9. The monoisotopic (exact) mass is 683 g/mol. The van der Waals surface area contributed by atoms with Gasteiger partial charge in [-0.05, 0) is 86.2 Å². The second-order valence-corrected chi connectivity index (χ2v) is 13.1. The van der Waals surface area contributed by atoms with Crippen molar-refractivity contribution in [3.8, 4) is 16.9 Å². The molecule has 6 aromatic rings. The molecule has 0 spiro atoms. The molecule has 0 aliphatic heterocycles. The van der Waals surface area contributed by atoms with Crippen LogP contribution in [0.1, 0.15) is 53.7 Å². The standard InChI is InChI=1S/C36H35ClFN7O2S/c1-22(39)6-5-7-23-18-28(32(38)29(37)19-23)31-20-26-21-45(35(47)43-33(26)42-31)27-12-10-24(11-13-27)30(40)14-16-44(36-41-15-17-48-36)34(46)25-8-3-2-4-9-25/h2-4,8-13,15,17-22,30H,5-7,14,16,39-40H2,1H3,(H,42,43,47)/t22-,30-/m0/s1. The van der Waals surface area contributed by atoms with E-state index in [1.165, 1.54) is 15.9 Å². The average Bonchev–Trinajstić information content (AvgIpc) is 3.76. The smallest absolute Gasteiger partial charge is 0.339 e. The molecule has 3 aromatic heterocycles. The lowest BCUT2D eigenvalue weighted by molar-refractivity contribution is 0.0986. The minimum atomic E-state index is -0.541. The predicted molar refractivity (Wildman–Crippen MR) is 190 cm³/mol. The number of aromatic nitrogens is 4. The highest BCUT2D eigenvalue weighted by Gasteiger charge is 2.21. The Morgan fingerprint density at radius 3 is 2.56 bits per heavy atom. The number of H-pyrrole nitrogens is 1. The van der Waals surface area contributed by atoms with E-state index in [0.717, 1.165) is 24.0 Å². The van der Waals surface area contributed by atoms with Crippen LogP contribution < -0.4 is 22.1 Å². The lowest BCUT2D eigenvalue weighted by Crippen LogP contribution is -2.33. The highest BCUT2D eigenvalue weighted by atomic mass is 35.5. The van der Waals surface area contributed by atoms with Crippen molar-refractivity contribution in [1.82, 2.24) is 19.5 Å². The van der Waals surface area contributed by atoms with Crippen molar-refractivity contribution in [2.45, 2.75) is 44.7 Å². The number of fused-ring (bicyclic) bond motifs is 1. The number of benzene rings is 3. The van der Waals surface area contributed by atoms with E-state index >= 15 is 4.39 Å². The Labute approximate surface area is 286 Å². The van der Waals surface area contributed by atoms with E-state index in [9.17, 15) is 9.59 Å². The van der Waals surface area contributed by atoms with Crippen molar-refractivity contribution in [2.75, 3.05) is 11.4 Å². The number of halogens is 2. The maximum atomic E-state index is 15.2. The number of amides is 1. The molecule has 3 aromatic carbocycles. The lowest BCUT2D eigenvalue weighted by atomic mass is 10.0. The maximum absolute atomic E-state index is 15.2. The molecule has 0 saturated carbocycles. The molecule has 0 fully saturated rings. The highest BCUT2D eigenvalue weighted by molar-refractivity contribution is 7.13. The van der Waals surface area contributed by atoms with Gasteiger partial charge in [-0.1, -0.05) is 41.9 Å². The summed E-state index contributed by atoms with van der Waals surface area (Å²) in [5.74, 6) is -0.681. The molecule has 6 rings (SSSR count). The first-order valence-electron chi connectivity index (χ1n) is 15.7. The van der Waals surface area contributed by atoms with Crippen LogP contribution in [0.25, 0.3) is 28.0 Å². The van der Waals surface area contributed by atoms with Gasteiger partial charge in [-0.15, -0.1) is 11.3 Å². The second-order valence-electron chi connectivity index (χ2n) is 11.8. The van der Waals surface area contributed by atoms with E-state index in [2.05, 4.69) is 15.0 Å². The van der Waals surface area contributed by atoms with Crippen molar-refractivity contribution < 1.29 is 9.18 Å². The van der Waals surface area contributed by atoms with Gasteiger partial charge in [0, 0.05) is 52.9 Å². The van der Waals surface area contributed by atoms with Crippen LogP contribution in [0.15, 0.2) is 95.4 Å². The third-order valence-corrected chi connectivity index (χ3v) is 9.26. The summed E-state index contributed by atoms with van der Waals surface area (Å²) < 4.78 is 16.6. The number of nitrogens with two attached hydrogens (primary N) is 2. The summed E-state index contributed by atoms with van der Waals surface area (Å²) in [6.07, 6.45) is 6.26. The highest BCUT2D eigenvalue weighted by Crippen LogP contribution is 2.31. The third kappa shape index (κ3) is 7.39. The number of carbonyl (C=O) groups is 1. The fraction of sp³-hybridized carbons (Fsp3) is 0.222. The van der Waals surface area contributed by atoms with E-state index in [0.29, 0.717) is 58.1 Å². The number of nitrogens with one attached hydrogen (secondary N) is 1. The Kier molecular flexibility index (Phi) is 10.1. The van der Waals surface area contributed by atoms with Gasteiger partial charge in [0.05, 0.1) is 16.4 Å². The molecule has 1 amide bonds. The van der Waals surface area contributed by atoms with Gasteiger partial charge in [-0.2, -0.15) is 4.98 Å². The van der Waals surface area contributed by atoms with Gasteiger partial charge in [0.15, 0.2) is 10.9 Å². The molecule has 9 nitrogen and oxygen atoms in total. The molecular formula is C36H35ClFN7O2S. The molecule has 0 bridgehead atoms. The van der Waals surface area contributed by atoms with Gasteiger partial charge < -0.3 is 16.5 Å². The summed E-state index contributed by atoms with van der Waals surface area (Å²) in [6.45, 7) is 2.33. The van der Waals surface area contributed by atoms with Crippen molar-refractivity contribution in [1.29, 1.82) is 0 Å². The number of hydrogen-bond acceptors (Lipinski definition) is 7. The Morgan fingerprint density at radius 1 is 1.08 bits per heavy atom. The number of nitrogens with zero attached hydrogens (tertiary/aromatic N) is 4. The minimum absolute atomic E-state index is 0.0338. The number of hydrogen-bond donors (Lipinski definition) is 3. The van der Waals surface area contributed by atoms with Gasteiger partial charge in [0.25, 0.3) is 5.91 Å². The Bertz CT molecular complexity index is 2080. The molecule has 0 aliphatic carbocycles. The van der Waals surface area contributed by atoms with Crippen LogP contribution in [0.3, 0.4) is 0 Å². The SMILES string of the molecule is C[C@H](N)CCCc1cc(Cl)c(F)c(-c2cc3cn(-c4ccc([C@@H](N)CCN(C(=O)c5ccccc5)c5nccs5)cc4)c(=O)nc3[nH]2)c1. The molecular weight excluding hydrogens is 649 g/mol. The van der Waals surface area contributed by atoms with Crippen LogP contribution >= 0.6 is 22.9 Å². The van der Waals surface area contributed by atoms with Gasteiger partial charge in [-0.3, -0.25) is 14.3 Å². The predicted octanol–water partition coefficient (Wildman–Crippen LogP) is 7.04. The van der Waals surface area contributed by atoms with Gasteiger partial charge in [-0.25, -0.2) is 14.2 Å².